The van der Waals surface area contributed by atoms with Crippen LogP contribution in [-0.4, -0.2) is 17.7 Å². The molecule has 16 heavy (non-hydrogen) atoms. The summed E-state index contributed by atoms with van der Waals surface area (Å²) in [5.74, 6) is -1.21. The van der Waals surface area contributed by atoms with Gasteiger partial charge >= 0.3 is 0 Å². The second kappa shape index (κ2) is 6.20. The van der Waals surface area contributed by atoms with E-state index in [9.17, 15) is 9.90 Å². The van der Waals surface area contributed by atoms with E-state index < -0.39 is 16.2 Å². The Morgan fingerprint density at radius 3 is 2.38 bits per heavy atom. The van der Waals surface area contributed by atoms with Crippen molar-refractivity contribution < 1.29 is 48.3 Å². The Kier molecular flexibility index (Phi) is 5.64. The zero-order valence-electron chi connectivity index (χ0n) is 8.03. The number of hydrogen-bond acceptors (Lipinski definition) is 7. The summed E-state index contributed by atoms with van der Waals surface area (Å²) in [7, 11) is -3.25. The molecule has 0 fully saturated rings. The summed E-state index contributed by atoms with van der Waals surface area (Å²) in [5, 5.41) is 10.3. The van der Waals surface area contributed by atoms with Gasteiger partial charge in [-0.2, -0.15) is 14.0 Å². The summed E-state index contributed by atoms with van der Waals surface area (Å²) in [6, 6.07) is 3.00. The van der Waals surface area contributed by atoms with Crippen LogP contribution < -0.4 is 28.7 Å². The van der Waals surface area contributed by atoms with Crippen molar-refractivity contribution in [2.24, 2.45) is 0 Å². The van der Waals surface area contributed by atoms with Crippen LogP contribution in [0.3, 0.4) is 0 Å². The summed E-state index contributed by atoms with van der Waals surface area (Å²) >= 11 is 0. The zero-order chi connectivity index (χ0) is 12.8. The number of halogens is 1. The minimum absolute atomic E-state index is 0.0920. The topological polar surface area (TPSA) is 143 Å². The summed E-state index contributed by atoms with van der Waals surface area (Å²) in [4.78, 5) is 15.0. The van der Waals surface area contributed by atoms with Gasteiger partial charge in [-0.25, -0.2) is 0 Å². The Labute approximate surface area is 92.3 Å². The van der Waals surface area contributed by atoms with Crippen molar-refractivity contribution in [3.05, 3.63) is 30.1 Å². The molecule has 0 radical (unpaired) electrons. The van der Waals surface area contributed by atoms with Gasteiger partial charge in [0.1, 0.15) is 7.11 Å². The largest absolute Gasteiger partial charge is 0.545 e. The van der Waals surface area contributed by atoms with Gasteiger partial charge in [-0.3, -0.25) is 4.84 Å². The SMILES string of the molecule is CO[n+]1cccc(C(=O)[O-])c1.[O-][Cl+3]([O-])([O-])O. The molecular weight excluding hydrogens is 246 g/mol. The molecule has 0 amide bonds. The summed E-state index contributed by atoms with van der Waals surface area (Å²) < 4.78 is 34.0. The van der Waals surface area contributed by atoms with Crippen molar-refractivity contribution in [3.63, 3.8) is 0 Å². The maximum atomic E-state index is 10.3. The van der Waals surface area contributed by atoms with Gasteiger partial charge in [-0.1, -0.05) is 0 Å². The fourth-order valence-corrected chi connectivity index (χ4v) is 0.689. The molecule has 0 unspecified atom stereocenters. The molecule has 0 aliphatic rings. The smallest absolute Gasteiger partial charge is 0.231 e. The van der Waals surface area contributed by atoms with Crippen molar-refractivity contribution >= 4 is 5.97 Å². The van der Waals surface area contributed by atoms with Gasteiger partial charge in [-0.15, -0.1) is 0 Å². The highest BCUT2D eigenvalue weighted by atomic mass is 35.7. The normalized spacial score (nSPS) is 10.1. The van der Waals surface area contributed by atoms with Crippen LogP contribution in [0.1, 0.15) is 10.4 Å². The van der Waals surface area contributed by atoms with Crippen LogP contribution >= 0.6 is 0 Å². The predicted molar refractivity (Wildman–Crippen MR) is 35.7 cm³/mol. The van der Waals surface area contributed by atoms with Gasteiger partial charge in [0.2, 0.25) is 12.4 Å². The number of rotatable bonds is 2. The second-order valence-corrected chi connectivity index (χ2v) is 3.11. The molecule has 1 heterocycles. The first-order chi connectivity index (χ1) is 7.24. The molecular formula is C7H8ClNO7. The average molecular weight is 254 g/mol. The summed E-state index contributed by atoms with van der Waals surface area (Å²) in [6.07, 6.45) is 2.92. The first kappa shape index (κ1) is 14.6. The molecule has 1 aromatic heterocycles. The van der Waals surface area contributed by atoms with Gasteiger partial charge in [0.15, 0.2) is 0 Å². The molecule has 0 aliphatic carbocycles. The number of carbonyl (C=O) groups excluding carboxylic acids is 1. The van der Waals surface area contributed by atoms with Crippen LogP contribution in [0.15, 0.2) is 24.5 Å². The molecule has 1 aromatic rings. The van der Waals surface area contributed by atoms with Crippen LogP contribution in [0.4, 0.5) is 0 Å². The Hall–Kier alpha value is -1.45. The lowest BCUT2D eigenvalue weighted by Gasteiger charge is -2.03. The van der Waals surface area contributed by atoms with E-state index in [2.05, 4.69) is 0 Å². The first-order valence-electron chi connectivity index (χ1n) is 3.64. The summed E-state index contributed by atoms with van der Waals surface area (Å²) in [5.41, 5.74) is 0.0920. The third-order valence-corrected chi connectivity index (χ3v) is 1.22. The molecule has 0 aromatic carbocycles. The number of aromatic carboxylic acids is 1. The Morgan fingerprint density at radius 2 is 2.00 bits per heavy atom. The standard InChI is InChI=1S/C7H7NO3.ClHO4/c1-11-8-4-2-3-6(5-8)7(9)10;2-1(3,4)5/h2-5H,1H3;(H,2,3,4,5). The maximum Gasteiger partial charge on any atom is 0.231 e. The lowest BCUT2D eigenvalue weighted by molar-refractivity contribution is -1.92. The first-order valence-corrected chi connectivity index (χ1v) is 4.91. The minimum Gasteiger partial charge on any atom is -0.545 e. The second-order valence-electron chi connectivity index (χ2n) is 2.32. The molecule has 1 rings (SSSR count). The molecule has 0 spiro atoms. The lowest BCUT2D eigenvalue weighted by Crippen LogP contribution is -2.58. The van der Waals surface area contributed by atoms with Gasteiger partial charge < -0.3 is 9.90 Å². The number of carboxylic acids is 1. The highest BCUT2D eigenvalue weighted by molar-refractivity contribution is 5.84. The Balaban J connectivity index is 0.000000385. The van der Waals surface area contributed by atoms with Crippen molar-refractivity contribution in [1.82, 2.24) is 0 Å². The Bertz CT molecular complexity index is 345. The number of hydrogen-bond donors (Lipinski definition) is 1. The minimum atomic E-state index is -4.69. The van der Waals surface area contributed by atoms with E-state index >= 15 is 0 Å². The number of carbonyl (C=O) groups is 1. The van der Waals surface area contributed by atoms with Crippen molar-refractivity contribution in [3.8, 4) is 0 Å². The summed E-state index contributed by atoms with van der Waals surface area (Å²) in [6.45, 7) is 0. The van der Waals surface area contributed by atoms with E-state index in [1.807, 2.05) is 0 Å². The highest BCUT2D eigenvalue weighted by Crippen LogP contribution is 1.89. The van der Waals surface area contributed by atoms with E-state index in [0.29, 0.717) is 0 Å². The fraction of sp³-hybridized carbons (Fsp3) is 0.143. The van der Waals surface area contributed by atoms with Gasteiger partial charge in [0, 0.05) is 10.8 Å². The monoisotopic (exact) mass is 253 g/mol. The molecule has 1 N–H and O–H groups in total. The van der Waals surface area contributed by atoms with Crippen molar-refractivity contribution in [1.29, 1.82) is 0 Å². The molecule has 0 aliphatic heterocycles. The van der Waals surface area contributed by atoms with Crippen LogP contribution in [0.5, 0.6) is 0 Å². The van der Waals surface area contributed by atoms with Gasteiger partial charge in [0.25, 0.3) is 0 Å². The quantitative estimate of drug-likeness (QED) is 0.517. The number of nitrogens with zero attached hydrogens (tertiary/aromatic N) is 1. The van der Waals surface area contributed by atoms with Gasteiger partial charge in [-0.05, 0) is 6.07 Å². The van der Waals surface area contributed by atoms with Crippen LogP contribution in [0.25, 0.3) is 0 Å². The van der Waals surface area contributed by atoms with E-state index in [0.717, 1.165) is 0 Å². The molecule has 9 heteroatoms. The lowest BCUT2D eigenvalue weighted by atomic mass is 10.3. The zero-order valence-corrected chi connectivity index (χ0v) is 8.79. The van der Waals surface area contributed by atoms with Crippen molar-refractivity contribution in [2.75, 3.05) is 7.11 Å². The third kappa shape index (κ3) is 7.91. The molecule has 8 nitrogen and oxygen atoms in total. The van der Waals surface area contributed by atoms with E-state index in [1.165, 1.54) is 24.1 Å². The van der Waals surface area contributed by atoms with E-state index in [-0.39, 0.29) is 5.56 Å². The maximum absolute atomic E-state index is 10.3. The van der Waals surface area contributed by atoms with Crippen LogP contribution in [0, 0.1) is 10.2 Å². The number of aromatic nitrogens is 1. The molecule has 0 atom stereocenters. The average Bonchev–Trinajstić information content (AvgIpc) is 2.15. The Morgan fingerprint density at radius 1 is 1.50 bits per heavy atom. The van der Waals surface area contributed by atoms with Crippen molar-refractivity contribution in [2.45, 2.75) is 0 Å². The molecule has 90 valence electrons. The molecule has 0 saturated heterocycles. The fourth-order valence-electron chi connectivity index (χ4n) is 0.689. The van der Waals surface area contributed by atoms with E-state index in [1.54, 1.807) is 12.3 Å². The highest BCUT2D eigenvalue weighted by Gasteiger charge is 2.01. The van der Waals surface area contributed by atoms with Gasteiger partial charge in [0.05, 0.1) is 26.4 Å². The molecule has 0 saturated carbocycles. The van der Waals surface area contributed by atoms with Crippen LogP contribution in [0.2, 0.25) is 0 Å². The molecule has 0 bridgehead atoms. The predicted octanol–water partition coefficient (Wildman–Crippen LogP) is -5.73. The number of pyridine rings is 1. The van der Waals surface area contributed by atoms with Crippen LogP contribution in [-0.2, 0) is 0 Å². The number of carboxylic acid groups (broad SMARTS) is 1. The van der Waals surface area contributed by atoms with E-state index in [4.69, 9.17) is 23.5 Å². The third-order valence-electron chi connectivity index (χ3n) is 1.22.